The van der Waals surface area contributed by atoms with Crippen LogP contribution in [-0.2, 0) is 14.3 Å². The van der Waals surface area contributed by atoms with E-state index in [0.717, 1.165) is 46.2 Å². The van der Waals surface area contributed by atoms with Gasteiger partial charge in [-0.2, -0.15) is 13.2 Å². The molecule has 1 aromatic carbocycles. The molecular formula is C35H54F3N3O5S. The second-order valence-electron chi connectivity index (χ2n) is 12.4. The summed E-state index contributed by atoms with van der Waals surface area (Å²) in [5, 5.41) is 6.44. The molecular weight excluding hydrogens is 631 g/mol. The number of thiazole rings is 1. The highest BCUT2D eigenvalue weighted by molar-refractivity contribution is 7.19. The van der Waals surface area contributed by atoms with Gasteiger partial charge in [0.25, 0.3) is 5.91 Å². The normalized spacial score (nSPS) is 24.5. The van der Waals surface area contributed by atoms with Gasteiger partial charge in [0, 0.05) is 25.8 Å². The number of methoxy groups -OCH3 is 1. The molecule has 12 heteroatoms. The molecule has 2 saturated carbocycles. The molecule has 2 N–H and O–H groups in total. The number of nitrogens with zero attached hydrogens (tertiary/aromatic N) is 1. The lowest BCUT2D eigenvalue weighted by Gasteiger charge is -2.29. The highest BCUT2D eigenvalue weighted by Crippen LogP contribution is 2.48. The molecule has 0 radical (unpaired) electrons. The van der Waals surface area contributed by atoms with Crippen molar-refractivity contribution in [3.8, 4) is 5.75 Å². The molecule has 3 aliphatic rings. The Hall–Kier alpha value is -2.70. The number of benzene rings is 1. The Labute approximate surface area is 282 Å². The van der Waals surface area contributed by atoms with Gasteiger partial charge in [0.05, 0.1) is 28.9 Å². The average Bonchev–Trinajstić information content (AvgIpc) is 3.77. The van der Waals surface area contributed by atoms with E-state index in [9.17, 15) is 22.8 Å². The topological polar surface area (TPSA) is 98.8 Å². The first kappa shape index (κ1) is 40.5. The number of alkyl halides is 3. The fourth-order valence-electron chi connectivity index (χ4n) is 6.80. The van der Waals surface area contributed by atoms with Gasteiger partial charge < -0.3 is 24.8 Å². The summed E-state index contributed by atoms with van der Waals surface area (Å²) in [4.78, 5) is 27.1. The fourth-order valence-corrected chi connectivity index (χ4v) is 7.76. The Morgan fingerprint density at radius 3 is 2.45 bits per heavy atom. The second kappa shape index (κ2) is 20.6. The van der Waals surface area contributed by atoms with Gasteiger partial charge >= 0.3 is 6.18 Å². The number of carbonyl (C=O) groups is 2. The SMILES string of the molecule is C=C.CCCC1COCC(CC)C1.COc1ccc2nc(C)sc2c1C(=O)NC1C2CC[C@H](C2)C1C.O=CNCCOCC(F)(F)F. The largest absolute Gasteiger partial charge is 0.496 e. The van der Waals surface area contributed by atoms with Gasteiger partial charge in [-0.1, -0.05) is 33.6 Å². The highest BCUT2D eigenvalue weighted by Gasteiger charge is 2.46. The minimum atomic E-state index is -4.29. The Balaban J connectivity index is 0.000000270. The van der Waals surface area contributed by atoms with Crippen molar-refractivity contribution in [2.45, 2.75) is 84.9 Å². The van der Waals surface area contributed by atoms with Crippen LogP contribution in [0.5, 0.6) is 5.75 Å². The second-order valence-corrected chi connectivity index (χ2v) is 13.6. The van der Waals surface area contributed by atoms with Crippen molar-refractivity contribution < 1.29 is 37.0 Å². The van der Waals surface area contributed by atoms with Gasteiger partial charge in [0.1, 0.15) is 17.9 Å². The zero-order valence-corrected chi connectivity index (χ0v) is 29.4. The summed E-state index contributed by atoms with van der Waals surface area (Å²) >= 11 is 1.56. The van der Waals surface area contributed by atoms with Crippen LogP contribution in [0.2, 0.25) is 0 Å². The minimum absolute atomic E-state index is 0.0134. The van der Waals surface area contributed by atoms with Crippen LogP contribution in [0.3, 0.4) is 0 Å². The zero-order chi connectivity index (χ0) is 35.0. The minimum Gasteiger partial charge on any atom is -0.496 e. The lowest BCUT2D eigenvalue weighted by molar-refractivity contribution is -0.173. The quantitative estimate of drug-likeness (QED) is 0.143. The Bertz CT molecular complexity index is 1220. The summed E-state index contributed by atoms with van der Waals surface area (Å²) in [6.45, 7) is 15.5. The molecule has 1 saturated heterocycles. The van der Waals surface area contributed by atoms with E-state index in [-0.39, 0.29) is 19.1 Å². The number of carbonyl (C=O) groups excluding carboxylic acids is 2. The number of nitrogens with one attached hydrogen (secondary N) is 2. The van der Waals surface area contributed by atoms with Crippen LogP contribution < -0.4 is 15.4 Å². The summed E-state index contributed by atoms with van der Waals surface area (Å²) in [5.41, 5.74) is 1.52. The molecule has 2 aliphatic carbocycles. The van der Waals surface area contributed by atoms with Crippen LogP contribution in [0, 0.1) is 36.5 Å². The molecule has 6 atom stereocenters. The van der Waals surface area contributed by atoms with E-state index in [2.05, 4.69) is 54.3 Å². The fraction of sp³-hybridized carbons (Fsp3) is 0.686. The molecule has 2 amide bonds. The number of aryl methyl sites for hydroxylation is 1. The number of fused-ring (bicyclic) bond motifs is 3. The first-order valence-electron chi connectivity index (χ1n) is 16.6. The van der Waals surface area contributed by atoms with Crippen LogP contribution in [0.4, 0.5) is 13.2 Å². The third-order valence-electron chi connectivity index (χ3n) is 9.09. The summed E-state index contributed by atoms with van der Waals surface area (Å²) in [6.07, 6.45) is 5.32. The summed E-state index contributed by atoms with van der Waals surface area (Å²) in [5.74, 6) is 4.33. The monoisotopic (exact) mass is 685 g/mol. The molecule has 1 aliphatic heterocycles. The van der Waals surface area contributed by atoms with Gasteiger partial charge in [-0.05, 0) is 80.8 Å². The number of halogens is 3. The van der Waals surface area contributed by atoms with Crippen LogP contribution in [0.1, 0.15) is 81.1 Å². The molecule has 47 heavy (non-hydrogen) atoms. The molecule has 1 aromatic heterocycles. The van der Waals surface area contributed by atoms with Crippen LogP contribution in [-0.4, -0.2) is 69.6 Å². The third kappa shape index (κ3) is 12.7. The van der Waals surface area contributed by atoms with E-state index in [1.807, 2.05) is 19.1 Å². The average molecular weight is 686 g/mol. The maximum atomic E-state index is 13.0. The summed E-state index contributed by atoms with van der Waals surface area (Å²) in [6, 6.07) is 4.07. The predicted octanol–water partition coefficient (Wildman–Crippen LogP) is 7.74. The zero-order valence-electron chi connectivity index (χ0n) is 28.6. The molecule has 0 spiro atoms. The molecule has 2 bridgehead atoms. The predicted molar refractivity (Wildman–Crippen MR) is 182 cm³/mol. The van der Waals surface area contributed by atoms with E-state index in [1.54, 1.807) is 18.4 Å². The number of hydrogen-bond acceptors (Lipinski definition) is 7. The van der Waals surface area contributed by atoms with Gasteiger partial charge in [0.15, 0.2) is 0 Å². The number of aromatic nitrogens is 1. The number of hydrogen-bond donors (Lipinski definition) is 2. The molecule has 3 fully saturated rings. The van der Waals surface area contributed by atoms with E-state index in [4.69, 9.17) is 9.47 Å². The Morgan fingerprint density at radius 1 is 1.15 bits per heavy atom. The van der Waals surface area contributed by atoms with E-state index < -0.39 is 12.8 Å². The Kier molecular flexibility index (Phi) is 17.8. The van der Waals surface area contributed by atoms with Crippen molar-refractivity contribution in [1.82, 2.24) is 15.6 Å². The van der Waals surface area contributed by atoms with Gasteiger partial charge in [-0.25, -0.2) is 4.98 Å². The Morgan fingerprint density at radius 2 is 1.85 bits per heavy atom. The van der Waals surface area contributed by atoms with Crippen LogP contribution in [0.15, 0.2) is 25.3 Å². The molecule has 2 aromatic rings. The lowest BCUT2D eigenvalue weighted by Crippen LogP contribution is -2.43. The molecule has 266 valence electrons. The first-order valence-corrected chi connectivity index (χ1v) is 17.5. The maximum Gasteiger partial charge on any atom is 0.411 e. The van der Waals surface area contributed by atoms with Crippen molar-refractivity contribution >= 4 is 33.9 Å². The summed E-state index contributed by atoms with van der Waals surface area (Å²) in [7, 11) is 1.62. The molecule has 2 heterocycles. The van der Waals surface area contributed by atoms with Gasteiger partial charge in [-0.3, -0.25) is 9.59 Å². The molecule has 8 nitrogen and oxygen atoms in total. The van der Waals surface area contributed by atoms with Crippen molar-refractivity contribution in [2.24, 2.45) is 29.6 Å². The van der Waals surface area contributed by atoms with E-state index >= 15 is 0 Å². The number of amides is 2. The summed E-state index contributed by atoms with van der Waals surface area (Å²) < 4.78 is 50.1. The first-order chi connectivity index (χ1) is 22.5. The van der Waals surface area contributed by atoms with Crippen molar-refractivity contribution in [3.05, 3.63) is 35.9 Å². The highest BCUT2D eigenvalue weighted by atomic mass is 32.1. The van der Waals surface area contributed by atoms with Crippen LogP contribution >= 0.6 is 11.3 Å². The lowest BCUT2D eigenvalue weighted by atomic mass is 9.86. The van der Waals surface area contributed by atoms with Gasteiger partial charge in [0.2, 0.25) is 6.41 Å². The van der Waals surface area contributed by atoms with E-state index in [1.165, 1.54) is 44.9 Å². The van der Waals surface area contributed by atoms with Gasteiger partial charge in [-0.15, -0.1) is 24.5 Å². The standard InChI is InChI=1S/C18H22N2O2S.C10H20O.C5H8F3NO2.C2H4/c1-9-11-4-5-12(8-11)16(9)20-18(21)15-14(22-3)7-6-13-17(15)23-10(2)19-13;1-3-5-10-6-9(4-2)7-11-8-10;6-5(7,8)3-11-2-1-9-4-10;1-2/h6-7,9,11-12,16H,4-5,8H2,1-3H3,(H,20,21);9-10H,3-8H2,1-2H3;4H,1-3H2,(H,9,10);1-2H2/t9?,11-,12?,16?;;;/m1.../s1. The molecule has 5 rings (SSSR count). The smallest absolute Gasteiger partial charge is 0.411 e. The van der Waals surface area contributed by atoms with Crippen LogP contribution in [0.25, 0.3) is 10.2 Å². The van der Waals surface area contributed by atoms with E-state index in [0.29, 0.717) is 35.6 Å². The van der Waals surface area contributed by atoms with Crippen molar-refractivity contribution in [2.75, 3.05) is 40.1 Å². The number of rotatable bonds is 11. The maximum absolute atomic E-state index is 13.0. The van der Waals surface area contributed by atoms with Crippen molar-refractivity contribution in [1.29, 1.82) is 0 Å². The number of ether oxygens (including phenoxy) is 3. The molecule has 5 unspecified atom stereocenters. The van der Waals surface area contributed by atoms with Crippen molar-refractivity contribution in [3.63, 3.8) is 0 Å². The third-order valence-corrected chi connectivity index (χ3v) is 10.1.